The van der Waals surface area contributed by atoms with E-state index in [1.807, 2.05) is 6.07 Å². The molecule has 0 saturated carbocycles. The van der Waals surface area contributed by atoms with E-state index in [9.17, 15) is 9.59 Å². The molecule has 0 radical (unpaired) electrons. The Kier molecular flexibility index (Phi) is 4.44. The second-order valence-corrected chi connectivity index (χ2v) is 3.46. The number of carboxylic acids is 1. The number of carboxylic acid groups (broad SMARTS) is 1. The molecule has 0 aliphatic heterocycles. The van der Waals surface area contributed by atoms with Crippen molar-refractivity contribution in [2.75, 3.05) is 13.6 Å². The molecule has 0 spiro atoms. The Balaban J connectivity index is 2.43. The maximum Gasteiger partial charge on any atom is 0.305 e. The maximum absolute atomic E-state index is 11.6. The number of aromatic nitrogens is 1. The summed E-state index contributed by atoms with van der Waals surface area (Å²) >= 11 is 0. The molecule has 0 unspecified atom stereocenters. The van der Waals surface area contributed by atoms with Gasteiger partial charge in [-0.25, -0.2) is 0 Å². The van der Waals surface area contributed by atoms with Crippen LogP contribution in [0.1, 0.15) is 12.1 Å². The van der Waals surface area contributed by atoms with Crippen LogP contribution in [0.15, 0.2) is 24.4 Å². The molecule has 1 rings (SSSR count). The van der Waals surface area contributed by atoms with Crippen molar-refractivity contribution < 1.29 is 14.7 Å². The molecule has 1 amide bonds. The molecule has 0 aliphatic rings. The van der Waals surface area contributed by atoms with Crippen LogP contribution in [0.25, 0.3) is 0 Å². The summed E-state index contributed by atoms with van der Waals surface area (Å²) in [7, 11) is 1.59. The number of hydrogen-bond donors (Lipinski definition) is 1. The summed E-state index contributed by atoms with van der Waals surface area (Å²) < 4.78 is 0. The maximum atomic E-state index is 11.6. The molecule has 5 heteroatoms. The summed E-state index contributed by atoms with van der Waals surface area (Å²) in [6.07, 6.45) is 1.79. The Morgan fingerprint density at radius 1 is 1.44 bits per heavy atom. The molecule has 5 nitrogen and oxygen atoms in total. The predicted molar refractivity (Wildman–Crippen MR) is 57.8 cm³/mol. The zero-order valence-electron chi connectivity index (χ0n) is 9.09. The third-order valence-electron chi connectivity index (χ3n) is 2.15. The minimum absolute atomic E-state index is 0.0372. The second-order valence-electron chi connectivity index (χ2n) is 3.46. The molecular weight excluding hydrogens is 208 g/mol. The van der Waals surface area contributed by atoms with Crippen LogP contribution < -0.4 is 0 Å². The van der Waals surface area contributed by atoms with Gasteiger partial charge in [-0.2, -0.15) is 0 Å². The predicted octanol–water partition coefficient (Wildman–Crippen LogP) is 0.557. The molecular formula is C11H14N2O3. The SMILES string of the molecule is CN(CCC(=O)O)C(=O)Cc1ccccn1. The van der Waals surface area contributed by atoms with Crippen molar-refractivity contribution in [1.29, 1.82) is 0 Å². The molecule has 0 bridgehead atoms. The molecule has 16 heavy (non-hydrogen) atoms. The highest BCUT2D eigenvalue weighted by atomic mass is 16.4. The van der Waals surface area contributed by atoms with Crippen molar-refractivity contribution in [3.63, 3.8) is 0 Å². The smallest absolute Gasteiger partial charge is 0.305 e. The molecule has 0 fully saturated rings. The number of likely N-dealkylation sites (N-methyl/N-ethyl adjacent to an activating group) is 1. The van der Waals surface area contributed by atoms with Gasteiger partial charge < -0.3 is 10.0 Å². The van der Waals surface area contributed by atoms with E-state index in [1.54, 1.807) is 25.4 Å². The van der Waals surface area contributed by atoms with E-state index in [4.69, 9.17) is 5.11 Å². The monoisotopic (exact) mass is 222 g/mol. The topological polar surface area (TPSA) is 70.5 Å². The summed E-state index contributed by atoms with van der Waals surface area (Å²) in [6.45, 7) is 0.223. The molecule has 1 aromatic heterocycles. The van der Waals surface area contributed by atoms with Gasteiger partial charge in [0, 0.05) is 25.5 Å². The normalized spacial score (nSPS) is 9.81. The second kappa shape index (κ2) is 5.85. The zero-order chi connectivity index (χ0) is 12.0. The highest BCUT2D eigenvalue weighted by Crippen LogP contribution is 1.99. The standard InChI is InChI=1S/C11H14N2O3/c1-13(7-5-11(15)16)10(14)8-9-4-2-3-6-12-9/h2-4,6H,5,7-8H2,1H3,(H,15,16). The van der Waals surface area contributed by atoms with Gasteiger partial charge in [-0.1, -0.05) is 6.07 Å². The Labute approximate surface area is 93.7 Å². The first-order valence-electron chi connectivity index (χ1n) is 4.95. The van der Waals surface area contributed by atoms with E-state index in [-0.39, 0.29) is 25.3 Å². The lowest BCUT2D eigenvalue weighted by Gasteiger charge is -2.15. The molecule has 0 aromatic carbocycles. The van der Waals surface area contributed by atoms with Crippen molar-refractivity contribution in [3.05, 3.63) is 30.1 Å². The first-order chi connectivity index (χ1) is 7.59. The Hall–Kier alpha value is -1.91. The van der Waals surface area contributed by atoms with Crippen LogP contribution >= 0.6 is 0 Å². The number of carbonyl (C=O) groups excluding carboxylic acids is 1. The average Bonchev–Trinajstić information content (AvgIpc) is 2.27. The number of carbonyl (C=O) groups is 2. The zero-order valence-corrected chi connectivity index (χ0v) is 9.09. The number of hydrogen-bond acceptors (Lipinski definition) is 3. The third-order valence-corrected chi connectivity index (χ3v) is 2.15. The van der Waals surface area contributed by atoms with E-state index < -0.39 is 5.97 Å². The van der Waals surface area contributed by atoms with Crippen LogP contribution in [-0.2, 0) is 16.0 Å². The number of rotatable bonds is 5. The lowest BCUT2D eigenvalue weighted by atomic mass is 10.2. The van der Waals surface area contributed by atoms with Gasteiger partial charge in [-0.15, -0.1) is 0 Å². The number of pyridine rings is 1. The first-order valence-corrected chi connectivity index (χ1v) is 4.95. The van der Waals surface area contributed by atoms with Gasteiger partial charge in [0.15, 0.2) is 0 Å². The lowest BCUT2D eigenvalue weighted by molar-refractivity contribution is -0.138. The van der Waals surface area contributed by atoms with E-state index in [2.05, 4.69) is 4.98 Å². The fourth-order valence-electron chi connectivity index (χ4n) is 1.18. The van der Waals surface area contributed by atoms with E-state index in [0.29, 0.717) is 5.69 Å². The average molecular weight is 222 g/mol. The van der Waals surface area contributed by atoms with E-state index in [1.165, 1.54) is 4.90 Å². The van der Waals surface area contributed by atoms with Gasteiger partial charge in [0.2, 0.25) is 5.91 Å². The van der Waals surface area contributed by atoms with Crippen molar-refractivity contribution >= 4 is 11.9 Å². The minimum atomic E-state index is -0.905. The van der Waals surface area contributed by atoms with Crippen LogP contribution in [0.5, 0.6) is 0 Å². The summed E-state index contributed by atoms with van der Waals surface area (Å²) in [5.41, 5.74) is 0.690. The molecule has 1 N–H and O–H groups in total. The van der Waals surface area contributed by atoms with E-state index in [0.717, 1.165) is 0 Å². The van der Waals surface area contributed by atoms with Gasteiger partial charge in [0.25, 0.3) is 0 Å². The summed E-state index contributed by atoms with van der Waals surface area (Å²) in [6, 6.07) is 5.36. The third kappa shape index (κ3) is 4.08. The van der Waals surface area contributed by atoms with Crippen LogP contribution in [0.3, 0.4) is 0 Å². The highest BCUT2D eigenvalue weighted by Gasteiger charge is 2.11. The summed E-state index contributed by atoms with van der Waals surface area (Å²) in [4.78, 5) is 27.4. The van der Waals surface area contributed by atoms with Gasteiger partial charge in [-0.05, 0) is 12.1 Å². The first kappa shape index (κ1) is 12.2. The van der Waals surface area contributed by atoms with Crippen molar-refractivity contribution in [1.82, 2.24) is 9.88 Å². The lowest BCUT2D eigenvalue weighted by Crippen LogP contribution is -2.30. The molecule has 1 heterocycles. The molecule has 0 aliphatic carbocycles. The van der Waals surface area contributed by atoms with Crippen LogP contribution in [-0.4, -0.2) is 40.5 Å². The molecule has 0 saturated heterocycles. The number of amides is 1. The fraction of sp³-hybridized carbons (Fsp3) is 0.364. The van der Waals surface area contributed by atoms with Gasteiger partial charge in [-0.3, -0.25) is 14.6 Å². The molecule has 86 valence electrons. The van der Waals surface area contributed by atoms with Gasteiger partial charge >= 0.3 is 5.97 Å². The molecule has 1 aromatic rings. The quantitative estimate of drug-likeness (QED) is 0.790. The minimum Gasteiger partial charge on any atom is -0.481 e. The van der Waals surface area contributed by atoms with E-state index >= 15 is 0 Å². The molecule has 0 atom stereocenters. The van der Waals surface area contributed by atoms with Gasteiger partial charge in [0.05, 0.1) is 12.8 Å². The largest absolute Gasteiger partial charge is 0.481 e. The van der Waals surface area contributed by atoms with Crippen LogP contribution in [0.4, 0.5) is 0 Å². The summed E-state index contributed by atoms with van der Waals surface area (Å²) in [5.74, 6) is -1.03. The Bertz CT molecular complexity index is 365. The highest BCUT2D eigenvalue weighted by molar-refractivity contribution is 5.78. The summed E-state index contributed by atoms with van der Waals surface area (Å²) in [5, 5.41) is 8.48. The van der Waals surface area contributed by atoms with Gasteiger partial charge in [0.1, 0.15) is 0 Å². The van der Waals surface area contributed by atoms with Crippen LogP contribution in [0.2, 0.25) is 0 Å². The van der Waals surface area contributed by atoms with Crippen molar-refractivity contribution in [2.45, 2.75) is 12.8 Å². The fourth-order valence-corrected chi connectivity index (χ4v) is 1.18. The van der Waals surface area contributed by atoms with Crippen LogP contribution in [0, 0.1) is 0 Å². The van der Waals surface area contributed by atoms with Crippen molar-refractivity contribution in [2.24, 2.45) is 0 Å². The number of aliphatic carboxylic acids is 1. The Morgan fingerprint density at radius 2 is 2.19 bits per heavy atom. The Morgan fingerprint density at radius 3 is 2.75 bits per heavy atom. The number of nitrogens with zero attached hydrogens (tertiary/aromatic N) is 2. The van der Waals surface area contributed by atoms with Crippen molar-refractivity contribution in [3.8, 4) is 0 Å².